The topological polar surface area (TPSA) is 156 Å². The van der Waals surface area contributed by atoms with Gasteiger partial charge in [0, 0.05) is 17.2 Å². The highest BCUT2D eigenvalue weighted by molar-refractivity contribution is 6.30. The van der Waals surface area contributed by atoms with Crippen LogP contribution < -0.4 is 10.5 Å². The van der Waals surface area contributed by atoms with Gasteiger partial charge >= 0.3 is 17.9 Å². The molecule has 0 radical (unpaired) electrons. The number of carboxylic acids is 2. The Morgan fingerprint density at radius 3 is 2.18 bits per heavy atom. The fourth-order valence-electron chi connectivity index (χ4n) is 2.79. The summed E-state index contributed by atoms with van der Waals surface area (Å²) in [6, 6.07) is 14.1. The predicted octanol–water partition coefficient (Wildman–Crippen LogP) is 2.98. The molecule has 0 amide bonds. The van der Waals surface area contributed by atoms with Gasteiger partial charge in [-0.2, -0.15) is 0 Å². The van der Waals surface area contributed by atoms with Crippen LogP contribution in [-0.4, -0.2) is 46.9 Å². The number of carbonyl (C=O) groups is 3. The number of ether oxygens (including phenoxy) is 2. The molecule has 0 saturated carbocycles. The summed E-state index contributed by atoms with van der Waals surface area (Å²) in [7, 11) is 1.36. The summed E-state index contributed by atoms with van der Waals surface area (Å²) < 4.78 is 10.4. The lowest BCUT2D eigenvalue weighted by Crippen LogP contribution is -2.39. The van der Waals surface area contributed by atoms with E-state index in [2.05, 4.69) is 4.74 Å². The molecule has 0 heterocycles. The van der Waals surface area contributed by atoms with Gasteiger partial charge in [0.05, 0.1) is 20.1 Å². The maximum absolute atomic E-state index is 11.3. The molecule has 0 aliphatic heterocycles. The number of nitrogens with two attached hydrogens (primary N) is 1. The molecule has 2 aromatic rings. The highest BCUT2D eigenvalue weighted by atomic mass is 35.5. The van der Waals surface area contributed by atoms with Gasteiger partial charge in [0.25, 0.3) is 0 Å². The molecular weight excluding hydrogens is 466 g/mol. The van der Waals surface area contributed by atoms with Gasteiger partial charge in [-0.25, -0.2) is 9.59 Å². The lowest BCUT2D eigenvalue weighted by Gasteiger charge is -2.27. The predicted molar refractivity (Wildman–Crippen MR) is 125 cm³/mol. The van der Waals surface area contributed by atoms with Crippen LogP contribution in [0.3, 0.4) is 0 Å². The molecule has 0 fully saturated rings. The van der Waals surface area contributed by atoms with E-state index >= 15 is 0 Å². The second kappa shape index (κ2) is 14.0. The molecular formula is C24H28ClNO8. The first kappa shape index (κ1) is 28.6. The van der Waals surface area contributed by atoms with Crippen molar-refractivity contribution in [3.05, 3.63) is 76.8 Å². The molecule has 2 rings (SSSR count). The summed E-state index contributed by atoms with van der Waals surface area (Å²) in [5.74, 6) is -2.09. The minimum Gasteiger partial charge on any atom is -0.493 e. The minimum atomic E-state index is -1.47. The third-order valence-electron chi connectivity index (χ3n) is 4.39. The SMILES string of the molecule is COC(=O)Cc1ccc(OC[C@H](C)C[C@@](N)(O)c2cccc(Cl)c2)cc1.O=C(O)/C=C/C(=O)O. The maximum atomic E-state index is 11.3. The highest BCUT2D eigenvalue weighted by Gasteiger charge is 2.27. The maximum Gasteiger partial charge on any atom is 0.328 e. The van der Waals surface area contributed by atoms with Crippen molar-refractivity contribution in [3.63, 3.8) is 0 Å². The summed E-state index contributed by atoms with van der Waals surface area (Å²) in [5, 5.41) is 26.7. The van der Waals surface area contributed by atoms with Gasteiger partial charge in [-0.05, 0) is 47.7 Å². The summed E-state index contributed by atoms with van der Waals surface area (Å²) in [6.07, 6.45) is 1.67. The van der Waals surface area contributed by atoms with Crippen LogP contribution in [0.4, 0.5) is 0 Å². The standard InChI is InChI=1S/C20H24ClNO4.C4H4O4/c1-14(12-20(22,24)16-4-3-5-17(21)11-16)13-26-18-8-6-15(7-9-18)10-19(23)25-2;5-3(6)1-2-4(7)8/h3-9,11,14,24H,10,12-13,22H2,1-2H3;1-2H,(H,5,6)(H,7,8)/b;2-1+/t14-,20-;/m1./s1. The van der Waals surface area contributed by atoms with Crippen LogP contribution in [-0.2, 0) is 31.3 Å². The highest BCUT2D eigenvalue weighted by Crippen LogP contribution is 2.26. The molecule has 34 heavy (non-hydrogen) atoms. The van der Waals surface area contributed by atoms with Crippen molar-refractivity contribution in [2.45, 2.75) is 25.5 Å². The Labute approximate surface area is 202 Å². The molecule has 2 aromatic carbocycles. The average molecular weight is 494 g/mol. The van der Waals surface area contributed by atoms with E-state index < -0.39 is 17.7 Å². The van der Waals surface area contributed by atoms with E-state index in [0.717, 1.165) is 5.56 Å². The first-order chi connectivity index (χ1) is 15.9. The van der Waals surface area contributed by atoms with Crippen molar-refractivity contribution in [1.29, 1.82) is 0 Å². The first-order valence-electron chi connectivity index (χ1n) is 10.1. The van der Waals surface area contributed by atoms with Crippen molar-refractivity contribution in [2.24, 2.45) is 11.7 Å². The second-order valence-corrected chi connectivity index (χ2v) is 7.90. The zero-order chi connectivity index (χ0) is 25.7. The fraction of sp³-hybridized carbons (Fsp3) is 0.292. The van der Waals surface area contributed by atoms with Crippen LogP contribution in [0.1, 0.15) is 24.5 Å². The van der Waals surface area contributed by atoms with Crippen LogP contribution in [0, 0.1) is 5.92 Å². The minimum absolute atomic E-state index is 0.0127. The van der Waals surface area contributed by atoms with Crippen LogP contribution in [0.25, 0.3) is 0 Å². The van der Waals surface area contributed by atoms with Gasteiger partial charge in [0.15, 0.2) is 0 Å². The van der Waals surface area contributed by atoms with E-state index in [4.69, 9.17) is 32.3 Å². The number of aliphatic carboxylic acids is 2. The van der Waals surface area contributed by atoms with Crippen molar-refractivity contribution in [2.75, 3.05) is 13.7 Å². The van der Waals surface area contributed by atoms with Crippen LogP contribution in [0.15, 0.2) is 60.7 Å². The number of carbonyl (C=O) groups excluding carboxylic acids is 1. The lowest BCUT2D eigenvalue weighted by atomic mass is 9.93. The fourth-order valence-corrected chi connectivity index (χ4v) is 2.98. The van der Waals surface area contributed by atoms with Gasteiger partial charge < -0.3 is 24.8 Å². The van der Waals surface area contributed by atoms with Gasteiger partial charge in [0.2, 0.25) is 0 Å². The Bertz CT molecular complexity index is 973. The first-order valence-corrected chi connectivity index (χ1v) is 10.5. The second-order valence-electron chi connectivity index (χ2n) is 7.46. The third-order valence-corrected chi connectivity index (χ3v) is 4.62. The number of benzene rings is 2. The number of hydrogen-bond acceptors (Lipinski definition) is 7. The monoisotopic (exact) mass is 493 g/mol. The number of rotatable bonds is 10. The largest absolute Gasteiger partial charge is 0.493 e. The summed E-state index contributed by atoms with van der Waals surface area (Å²) in [5.41, 5.74) is 6.01. The van der Waals surface area contributed by atoms with E-state index in [1.807, 2.05) is 19.1 Å². The number of carboxylic acid groups (broad SMARTS) is 2. The van der Waals surface area contributed by atoms with Crippen molar-refractivity contribution in [1.82, 2.24) is 0 Å². The van der Waals surface area contributed by atoms with E-state index in [9.17, 15) is 19.5 Å². The zero-order valence-electron chi connectivity index (χ0n) is 18.8. The number of halogens is 1. The normalized spacial score (nSPS) is 13.2. The molecule has 0 aromatic heterocycles. The molecule has 0 bridgehead atoms. The Kier molecular flexibility index (Phi) is 11.8. The molecule has 0 unspecified atom stereocenters. The quantitative estimate of drug-likeness (QED) is 0.222. The van der Waals surface area contributed by atoms with Gasteiger partial charge in [-0.15, -0.1) is 0 Å². The Morgan fingerprint density at radius 2 is 1.68 bits per heavy atom. The Hall–Kier alpha value is -3.40. The summed E-state index contributed by atoms with van der Waals surface area (Å²) >= 11 is 5.96. The van der Waals surface area contributed by atoms with Gasteiger partial charge in [-0.3, -0.25) is 10.5 Å². The average Bonchev–Trinajstić information content (AvgIpc) is 2.77. The summed E-state index contributed by atoms with van der Waals surface area (Å²) in [4.78, 5) is 30.4. The van der Waals surface area contributed by atoms with Gasteiger partial charge in [0.1, 0.15) is 11.5 Å². The van der Waals surface area contributed by atoms with Crippen LogP contribution >= 0.6 is 11.6 Å². The van der Waals surface area contributed by atoms with E-state index in [1.54, 1.807) is 36.4 Å². The molecule has 10 heteroatoms. The number of hydrogen-bond donors (Lipinski definition) is 4. The third kappa shape index (κ3) is 11.5. The van der Waals surface area contributed by atoms with E-state index in [0.29, 0.717) is 41.5 Å². The number of aliphatic hydroxyl groups is 1. The van der Waals surface area contributed by atoms with Crippen LogP contribution in [0.5, 0.6) is 5.75 Å². The molecule has 0 aliphatic rings. The van der Waals surface area contributed by atoms with Crippen molar-refractivity contribution < 1.29 is 39.2 Å². The molecule has 2 atom stereocenters. The molecule has 9 nitrogen and oxygen atoms in total. The molecule has 0 saturated heterocycles. The summed E-state index contributed by atoms with van der Waals surface area (Å²) in [6.45, 7) is 2.35. The van der Waals surface area contributed by atoms with Gasteiger partial charge in [-0.1, -0.05) is 42.8 Å². The molecule has 0 aliphatic carbocycles. The van der Waals surface area contributed by atoms with Crippen LogP contribution in [0.2, 0.25) is 5.02 Å². The number of esters is 1. The Morgan fingerprint density at radius 1 is 1.09 bits per heavy atom. The van der Waals surface area contributed by atoms with E-state index in [-0.39, 0.29) is 18.3 Å². The van der Waals surface area contributed by atoms with Crippen molar-refractivity contribution >= 4 is 29.5 Å². The molecule has 0 spiro atoms. The molecule has 5 N–H and O–H groups in total. The lowest BCUT2D eigenvalue weighted by molar-refractivity contribution is -0.139. The number of methoxy groups -OCH3 is 1. The molecule has 184 valence electrons. The Balaban J connectivity index is 0.000000620. The smallest absolute Gasteiger partial charge is 0.328 e. The van der Waals surface area contributed by atoms with Crippen molar-refractivity contribution in [3.8, 4) is 5.75 Å². The zero-order valence-corrected chi connectivity index (χ0v) is 19.6. The van der Waals surface area contributed by atoms with E-state index in [1.165, 1.54) is 7.11 Å².